The zero-order valence-corrected chi connectivity index (χ0v) is 9.12. The Kier molecular flexibility index (Phi) is 3.06. The van der Waals surface area contributed by atoms with E-state index in [-0.39, 0.29) is 11.2 Å². The standard InChI is InChI=1S/C12H9ClFNO/c13-12-7-10(14)2-1-9(12)8-15-5-3-11(16)4-6-15/h1-7H,8H2. The second kappa shape index (κ2) is 4.49. The second-order valence-corrected chi connectivity index (χ2v) is 3.85. The smallest absolute Gasteiger partial charge is 0.181 e. The van der Waals surface area contributed by atoms with Gasteiger partial charge in [0, 0.05) is 36.1 Å². The highest BCUT2D eigenvalue weighted by molar-refractivity contribution is 6.31. The Labute approximate surface area is 96.9 Å². The molecule has 82 valence electrons. The molecule has 0 aliphatic heterocycles. The molecule has 0 aliphatic rings. The van der Waals surface area contributed by atoms with Crippen molar-refractivity contribution in [3.63, 3.8) is 0 Å². The first-order valence-corrected chi connectivity index (χ1v) is 5.13. The van der Waals surface area contributed by atoms with Crippen LogP contribution >= 0.6 is 11.6 Å². The summed E-state index contributed by atoms with van der Waals surface area (Å²) in [6, 6.07) is 7.22. The lowest BCUT2D eigenvalue weighted by atomic mass is 10.2. The largest absolute Gasteiger partial charge is 0.350 e. The molecule has 0 amide bonds. The van der Waals surface area contributed by atoms with Gasteiger partial charge in [-0.3, -0.25) is 4.79 Å². The van der Waals surface area contributed by atoms with E-state index in [4.69, 9.17) is 11.6 Å². The van der Waals surface area contributed by atoms with Gasteiger partial charge in [0.15, 0.2) is 5.43 Å². The molecule has 16 heavy (non-hydrogen) atoms. The molecule has 0 saturated heterocycles. The van der Waals surface area contributed by atoms with Crippen LogP contribution in [0.5, 0.6) is 0 Å². The third kappa shape index (κ3) is 2.49. The van der Waals surface area contributed by atoms with Crippen LogP contribution in [-0.2, 0) is 6.54 Å². The molecule has 0 bridgehead atoms. The molecule has 0 unspecified atom stereocenters. The van der Waals surface area contributed by atoms with Crippen LogP contribution in [0, 0.1) is 5.82 Å². The molecule has 0 atom stereocenters. The molecule has 0 saturated carbocycles. The summed E-state index contributed by atoms with van der Waals surface area (Å²) in [5, 5.41) is 0.388. The predicted octanol–water partition coefficient (Wildman–Crippen LogP) is 2.69. The van der Waals surface area contributed by atoms with Crippen molar-refractivity contribution in [3.05, 3.63) is 69.4 Å². The van der Waals surface area contributed by atoms with Gasteiger partial charge in [-0.15, -0.1) is 0 Å². The van der Waals surface area contributed by atoms with Crippen molar-refractivity contribution >= 4 is 11.6 Å². The van der Waals surface area contributed by atoms with Gasteiger partial charge in [-0.1, -0.05) is 17.7 Å². The number of hydrogen-bond donors (Lipinski definition) is 0. The van der Waals surface area contributed by atoms with Crippen LogP contribution in [0.4, 0.5) is 4.39 Å². The number of pyridine rings is 1. The minimum atomic E-state index is -0.353. The summed E-state index contributed by atoms with van der Waals surface area (Å²) < 4.78 is 14.6. The molecule has 4 heteroatoms. The zero-order chi connectivity index (χ0) is 11.5. The van der Waals surface area contributed by atoms with Gasteiger partial charge in [0.2, 0.25) is 0 Å². The van der Waals surface area contributed by atoms with E-state index in [0.717, 1.165) is 5.56 Å². The van der Waals surface area contributed by atoms with E-state index in [0.29, 0.717) is 11.6 Å². The van der Waals surface area contributed by atoms with Gasteiger partial charge in [-0.05, 0) is 17.7 Å². The Morgan fingerprint density at radius 2 is 1.88 bits per heavy atom. The maximum Gasteiger partial charge on any atom is 0.181 e. The molecule has 2 rings (SSSR count). The van der Waals surface area contributed by atoms with Crippen LogP contribution in [0.1, 0.15) is 5.56 Å². The Hall–Kier alpha value is -1.61. The molecule has 0 fully saturated rings. The predicted molar refractivity (Wildman–Crippen MR) is 61.2 cm³/mol. The lowest BCUT2D eigenvalue weighted by molar-refractivity contribution is 0.626. The van der Waals surface area contributed by atoms with Crippen LogP contribution in [-0.4, -0.2) is 4.57 Å². The molecule has 0 aliphatic carbocycles. The molecule has 2 nitrogen and oxygen atoms in total. The quantitative estimate of drug-likeness (QED) is 0.787. The van der Waals surface area contributed by atoms with Crippen LogP contribution in [0.25, 0.3) is 0 Å². The van der Waals surface area contributed by atoms with Gasteiger partial charge in [0.1, 0.15) is 5.82 Å². The van der Waals surface area contributed by atoms with Gasteiger partial charge in [-0.2, -0.15) is 0 Å². The summed E-state index contributed by atoms with van der Waals surface area (Å²) in [6.45, 7) is 0.513. The third-order valence-corrected chi connectivity index (χ3v) is 2.58. The van der Waals surface area contributed by atoms with Gasteiger partial charge in [0.05, 0.1) is 0 Å². The maximum absolute atomic E-state index is 12.8. The second-order valence-electron chi connectivity index (χ2n) is 3.44. The summed E-state index contributed by atoms with van der Waals surface area (Å²) in [5.41, 5.74) is 0.771. The van der Waals surface area contributed by atoms with E-state index in [9.17, 15) is 9.18 Å². The van der Waals surface area contributed by atoms with Gasteiger partial charge < -0.3 is 4.57 Å². The monoisotopic (exact) mass is 237 g/mol. The summed E-state index contributed by atoms with van der Waals surface area (Å²) in [5.74, 6) is -0.353. The minimum absolute atomic E-state index is 0.0403. The molecule has 0 radical (unpaired) electrons. The average molecular weight is 238 g/mol. The van der Waals surface area contributed by atoms with Crippen LogP contribution in [0.15, 0.2) is 47.5 Å². The number of hydrogen-bond acceptors (Lipinski definition) is 1. The van der Waals surface area contributed by atoms with Crippen molar-refractivity contribution in [2.45, 2.75) is 6.54 Å². The molecule has 1 aromatic heterocycles. The Balaban J connectivity index is 2.27. The lowest BCUT2D eigenvalue weighted by Gasteiger charge is -2.07. The topological polar surface area (TPSA) is 22.0 Å². The Morgan fingerprint density at radius 3 is 2.50 bits per heavy atom. The number of rotatable bonds is 2. The molecule has 1 heterocycles. The first kappa shape index (κ1) is 10.9. The Morgan fingerprint density at radius 1 is 1.19 bits per heavy atom. The first-order valence-electron chi connectivity index (χ1n) is 4.75. The average Bonchev–Trinajstić information content (AvgIpc) is 2.25. The number of benzene rings is 1. The van der Waals surface area contributed by atoms with Gasteiger partial charge >= 0.3 is 0 Å². The fourth-order valence-corrected chi connectivity index (χ4v) is 1.62. The van der Waals surface area contributed by atoms with E-state index >= 15 is 0 Å². The van der Waals surface area contributed by atoms with E-state index in [1.165, 1.54) is 24.3 Å². The first-order chi connectivity index (χ1) is 7.65. The summed E-state index contributed by atoms with van der Waals surface area (Å²) in [4.78, 5) is 10.9. The van der Waals surface area contributed by atoms with E-state index in [2.05, 4.69) is 0 Å². The van der Waals surface area contributed by atoms with Crippen molar-refractivity contribution in [1.29, 1.82) is 0 Å². The number of nitrogens with zero attached hydrogens (tertiary/aromatic N) is 1. The number of halogens is 2. The molecule has 0 N–H and O–H groups in total. The maximum atomic E-state index is 12.8. The summed E-state index contributed by atoms with van der Waals surface area (Å²) in [7, 11) is 0. The van der Waals surface area contributed by atoms with Gasteiger partial charge in [0.25, 0.3) is 0 Å². The molecule has 0 spiro atoms. The van der Waals surface area contributed by atoms with E-state index in [1.54, 1.807) is 23.0 Å². The molecule has 1 aromatic carbocycles. The van der Waals surface area contributed by atoms with E-state index < -0.39 is 0 Å². The van der Waals surface area contributed by atoms with Crippen molar-refractivity contribution in [3.8, 4) is 0 Å². The zero-order valence-electron chi connectivity index (χ0n) is 8.36. The molecule has 2 aromatic rings. The summed E-state index contributed by atoms with van der Waals surface area (Å²) in [6.07, 6.45) is 3.34. The minimum Gasteiger partial charge on any atom is -0.350 e. The normalized spacial score (nSPS) is 10.4. The van der Waals surface area contributed by atoms with Gasteiger partial charge in [-0.25, -0.2) is 4.39 Å². The van der Waals surface area contributed by atoms with E-state index in [1.807, 2.05) is 0 Å². The highest BCUT2D eigenvalue weighted by Crippen LogP contribution is 2.17. The van der Waals surface area contributed by atoms with Crippen molar-refractivity contribution in [2.24, 2.45) is 0 Å². The summed E-state index contributed by atoms with van der Waals surface area (Å²) >= 11 is 5.90. The van der Waals surface area contributed by atoms with Crippen LogP contribution < -0.4 is 5.43 Å². The van der Waals surface area contributed by atoms with Crippen molar-refractivity contribution in [1.82, 2.24) is 4.57 Å². The molecular formula is C12H9ClFNO. The highest BCUT2D eigenvalue weighted by atomic mass is 35.5. The van der Waals surface area contributed by atoms with Crippen molar-refractivity contribution in [2.75, 3.05) is 0 Å². The fourth-order valence-electron chi connectivity index (χ4n) is 1.40. The van der Waals surface area contributed by atoms with Crippen molar-refractivity contribution < 1.29 is 4.39 Å². The molecular weight excluding hydrogens is 229 g/mol. The highest BCUT2D eigenvalue weighted by Gasteiger charge is 2.01. The lowest BCUT2D eigenvalue weighted by Crippen LogP contribution is -2.05. The third-order valence-electron chi connectivity index (χ3n) is 2.23. The SMILES string of the molecule is O=c1ccn(Cc2ccc(F)cc2Cl)cc1. The van der Waals surface area contributed by atoms with Crippen LogP contribution in [0.3, 0.4) is 0 Å². The van der Waals surface area contributed by atoms with Crippen LogP contribution in [0.2, 0.25) is 5.02 Å². The number of aromatic nitrogens is 1. The Bertz CT molecular complexity index is 545. The fraction of sp³-hybridized carbons (Fsp3) is 0.0833.